The fraction of sp³-hybridized carbons (Fsp3) is 0.100. The summed E-state index contributed by atoms with van der Waals surface area (Å²) in [7, 11) is 0. The summed E-state index contributed by atoms with van der Waals surface area (Å²) >= 11 is 0. The maximum absolute atomic E-state index is 8.85. The Kier molecular flexibility index (Phi) is 2.24. The smallest absolute Gasteiger partial charge is 0.164 e. The lowest BCUT2D eigenvalue weighted by molar-refractivity contribution is 1.10. The van der Waals surface area contributed by atoms with Gasteiger partial charge in [0.15, 0.2) is 5.69 Å². The van der Waals surface area contributed by atoms with Crippen LogP contribution < -0.4 is 4.90 Å². The van der Waals surface area contributed by atoms with Crippen molar-refractivity contribution in [3.05, 3.63) is 36.3 Å². The third kappa shape index (κ3) is 1.48. The molecule has 0 saturated heterocycles. The first-order valence-electron chi connectivity index (χ1n) is 4.22. The van der Waals surface area contributed by atoms with Gasteiger partial charge in [0.1, 0.15) is 6.07 Å². The standard InChI is InChI=1S/C10H8N4/c11-7-9-10(3-1-5-13-9)14-6-2-4-12-8-14/h1-5,8H,6H2. The molecule has 0 aliphatic carbocycles. The summed E-state index contributed by atoms with van der Waals surface area (Å²) in [5.74, 6) is 0. The number of pyridine rings is 1. The van der Waals surface area contributed by atoms with Gasteiger partial charge in [-0.1, -0.05) is 0 Å². The topological polar surface area (TPSA) is 52.3 Å². The van der Waals surface area contributed by atoms with E-state index in [1.807, 2.05) is 23.1 Å². The molecule has 4 heteroatoms. The van der Waals surface area contributed by atoms with Crippen LogP contribution in [-0.4, -0.2) is 17.9 Å². The monoisotopic (exact) mass is 184 g/mol. The van der Waals surface area contributed by atoms with Gasteiger partial charge in [-0.15, -0.1) is 0 Å². The molecule has 4 nitrogen and oxygen atoms in total. The van der Waals surface area contributed by atoms with Crippen LogP contribution in [0.15, 0.2) is 35.6 Å². The molecular formula is C10H8N4. The molecule has 1 aromatic heterocycles. The molecule has 0 N–H and O–H groups in total. The molecule has 0 atom stereocenters. The van der Waals surface area contributed by atoms with E-state index >= 15 is 0 Å². The van der Waals surface area contributed by atoms with Crippen molar-refractivity contribution in [3.63, 3.8) is 0 Å². The summed E-state index contributed by atoms with van der Waals surface area (Å²) in [6.45, 7) is 0.726. The zero-order valence-corrected chi connectivity index (χ0v) is 7.46. The maximum Gasteiger partial charge on any atom is 0.164 e. The van der Waals surface area contributed by atoms with Gasteiger partial charge in [0.05, 0.1) is 12.0 Å². The molecule has 1 aliphatic rings. The molecule has 0 bridgehead atoms. The van der Waals surface area contributed by atoms with Crippen LogP contribution in [-0.2, 0) is 0 Å². The lowest BCUT2D eigenvalue weighted by Crippen LogP contribution is -2.23. The van der Waals surface area contributed by atoms with Crippen molar-refractivity contribution in [2.24, 2.45) is 4.99 Å². The highest BCUT2D eigenvalue weighted by Gasteiger charge is 2.09. The van der Waals surface area contributed by atoms with Gasteiger partial charge in [0.2, 0.25) is 0 Å². The Labute approximate surface area is 81.8 Å². The highest BCUT2D eigenvalue weighted by Crippen LogP contribution is 2.16. The molecule has 0 amide bonds. The predicted molar refractivity (Wildman–Crippen MR) is 53.9 cm³/mol. The number of nitrogens with zero attached hydrogens (tertiary/aromatic N) is 4. The largest absolute Gasteiger partial charge is 0.326 e. The van der Waals surface area contributed by atoms with Gasteiger partial charge in [0, 0.05) is 18.9 Å². The van der Waals surface area contributed by atoms with Crippen LogP contribution in [0.4, 0.5) is 5.69 Å². The zero-order valence-electron chi connectivity index (χ0n) is 7.46. The lowest BCUT2D eigenvalue weighted by Gasteiger charge is -2.19. The van der Waals surface area contributed by atoms with E-state index < -0.39 is 0 Å². The molecule has 0 aromatic carbocycles. The van der Waals surface area contributed by atoms with Crippen LogP contribution in [0.3, 0.4) is 0 Å². The van der Waals surface area contributed by atoms with Gasteiger partial charge in [-0.3, -0.25) is 0 Å². The summed E-state index contributed by atoms with van der Waals surface area (Å²) in [6.07, 6.45) is 6.96. The minimum atomic E-state index is 0.425. The molecular weight excluding hydrogens is 176 g/mol. The number of hydrogen-bond donors (Lipinski definition) is 0. The second-order valence-electron chi connectivity index (χ2n) is 2.78. The van der Waals surface area contributed by atoms with Crippen molar-refractivity contribution in [2.75, 3.05) is 11.4 Å². The van der Waals surface area contributed by atoms with Gasteiger partial charge in [-0.25, -0.2) is 9.98 Å². The van der Waals surface area contributed by atoms with Crippen LogP contribution in [0.25, 0.3) is 0 Å². The molecule has 0 spiro atoms. The van der Waals surface area contributed by atoms with Crippen LogP contribution in [0.1, 0.15) is 5.69 Å². The number of hydrogen-bond acceptors (Lipinski definition) is 4. The summed E-state index contributed by atoms with van der Waals surface area (Å²) < 4.78 is 0. The quantitative estimate of drug-likeness (QED) is 0.661. The van der Waals surface area contributed by atoms with E-state index in [0.717, 1.165) is 12.2 Å². The summed E-state index contributed by atoms with van der Waals surface area (Å²) in [6, 6.07) is 5.72. The number of anilines is 1. The second-order valence-corrected chi connectivity index (χ2v) is 2.78. The average molecular weight is 184 g/mol. The Bertz CT molecular complexity index is 428. The van der Waals surface area contributed by atoms with Gasteiger partial charge >= 0.3 is 0 Å². The fourth-order valence-electron chi connectivity index (χ4n) is 1.26. The van der Waals surface area contributed by atoms with Gasteiger partial charge in [0.25, 0.3) is 0 Å². The van der Waals surface area contributed by atoms with E-state index in [2.05, 4.69) is 16.0 Å². The third-order valence-electron chi connectivity index (χ3n) is 1.90. The van der Waals surface area contributed by atoms with Gasteiger partial charge < -0.3 is 4.90 Å². The molecule has 2 heterocycles. The SMILES string of the molecule is N#Cc1ncccc1N1C=NC=CC1. The van der Waals surface area contributed by atoms with E-state index in [-0.39, 0.29) is 0 Å². The molecule has 14 heavy (non-hydrogen) atoms. The summed E-state index contributed by atoms with van der Waals surface area (Å²) in [5, 5.41) is 8.85. The first-order valence-corrected chi connectivity index (χ1v) is 4.22. The molecule has 0 saturated carbocycles. The molecule has 2 rings (SSSR count). The minimum Gasteiger partial charge on any atom is -0.326 e. The van der Waals surface area contributed by atoms with Crippen molar-refractivity contribution >= 4 is 12.0 Å². The zero-order chi connectivity index (χ0) is 9.80. The Morgan fingerprint density at radius 2 is 2.43 bits per heavy atom. The van der Waals surface area contributed by atoms with Crippen LogP contribution in [0, 0.1) is 11.3 Å². The molecule has 1 aliphatic heterocycles. The first kappa shape index (κ1) is 8.45. The Morgan fingerprint density at radius 1 is 1.50 bits per heavy atom. The number of rotatable bonds is 1. The van der Waals surface area contributed by atoms with Crippen LogP contribution in [0.5, 0.6) is 0 Å². The molecule has 0 fully saturated rings. The first-order chi connectivity index (χ1) is 6.92. The Hall–Kier alpha value is -2.15. The lowest BCUT2D eigenvalue weighted by atomic mass is 10.3. The third-order valence-corrected chi connectivity index (χ3v) is 1.90. The van der Waals surface area contributed by atoms with E-state index in [1.54, 1.807) is 18.7 Å². The van der Waals surface area contributed by atoms with E-state index in [0.29, 0.717) is 5.69 Å². The van der Waals surface area contributed by atoms with E-state index in [1.165, 1.54) is 0 Å². The average Bonchev–Trinajstić information content (AvgIpc) is 2.30. The second kappa shape index (κ2) is 3.71. The summed E-state index contributed by atoms with van der Waals surface area (Å²) in [4.78, 5) is 9.86. The highest BCUT2D eigenvalue weighted by molar-refractivity contribution is 5.82. The van der Waals surface area contributed by atoms with Crippen molar-refractivity contribution in [2.45, 2.75) is 0 Å². The molecule has 0 radical (unpaired) electrons. The highest BCUT2D eigenvalue weighted by atomic mass is 15.2. The van der Waals surface area contributed by atoms with Gasteiger partial charge in [-0.2, -0.15) is 5.26 Å². The minimum absolute atomic E-state index is 0.425. The Balaban J connectivity index is 2.37. The van der Waals surface area contributed by atoms with Crippen LogP contribution >= 0.6 is 0 Å². The number of aliphatic imine (C=N–C) groups is 1. The van der Waals surface area contributed by atoms with E-state index in [9.17, 15) is 0 Å². The fourth-order valence-corrected chi connectivity index (χ4v) is 1.26. The predicted octanol–water partition coefficient (Wildman–Crippen LogP) is 1.32. The van der Waals surface area contributed by atoms with Gasteiger partial charge in [-0.05, 0) is 18.2 Å². The molecule has 1 aromatic rings. The molecule has 0 unspecified atom stereocenters. The van der Waals surface area contributed by atoms with Crippen molar-refractivity contribution in [3.8, 4) is 6.07 Å². The van der Waals surface area contributed by atoms with Crippen molar-refractivity contribution in [1.29, 1.82) is 5.26 Å². The number of aromatic nitrogens is 1. The van der Waals surface area contributed by atoms with Crippen LogP contribution in [0.2, 0.25) is 0 Å². The molecule has 68 valence electrons. The number of nitriles is 1. The maximum atomic E-state index is 8.85. The summed E-state index contributed by atoms with van der Waals surface area (Å²) in [5.41, 5.74) is 1.22. The Morgan fingerprint density at radius 3 is 3.14 bits per heavy atom. The normalized spacial score (nSPS) is 14.1. The van der Waals surface area contributed by atoms with Crippen molar-refractivity contribution in [1.82, 2.24) is 4.98 Å². The van der Waals surface area contributed by atoms with E-state index in [4.69, 9.17) is 5.26 Å². The van der Waals surface area contributed by atoms with Crippen molar-refractivity contribution < 1.29 is 0 Å².